The fourth-order valence-electron chi connectivity index (χ4n) is 2.70. The Morgan fingerprint density at radius 2 is 2.24 bits per heavy atom. The Balaban J connectivity index is 1.95. The van der Waals surface area contributed by atoms with Gasteiger partial charge in [0.1, 0.15) is 12.3 Å². The van der Waals surface area contributed by atoms with E-state index in [1.54, 1.807) is 11.0 Å². The molecule has 0 aliphatic carbocycles. The SMILES string of the molecule is CCCCCNC(=O)C1CCCCN1C(=O)c1ccoc1. The Bertz CT molecular complexity index is 456. The normalized spacial score (nSPS) is 18.5. The van der Waals surface area contributed by atoms with Crippen LogP contribution < -0.4 is 5.32 Å². The molecule has 2 heterocycles. The molecule has 0 bridgehead atoms. The smallest absolute Gasteiger partial charge is 0.257 e. The van der Waals surface area contributed by atoms with Crippen LogP contribution >= 0.6 is 0 Å². The summed E-state index contributed by atoms with van der Waals surface area (Å²) in [5.74, 6) is -0.139. The van der Waals surface area contributed by atoms with Crippen molar-refractivity contribution in [2.75, 3.05) is 13.1 Å². The van der Waals surface area contributed by atoms with Crippen molar-refractivity contribution in [1.82, 2.24) is 10.2 Å². The number of hydrogen-bond acceptors (Lipinski definition) is 3. The number of nitrogens with one attached hydrogen (secondary N) is 1. The molecule has 1 saturated heterocycles. The number of nitrogens with zero attached hydrogens (tertiary/aromatic N) is 1. The third kappa shape index (κ3) is 4.09. The van der Waals surface area contributed by atoms with Gasteiger partial charge in [-0.25, -0.2) is 0 Å². The summed E-state index contributed by atoms with van der Waals surface area (Å²) in [5, 5.41) is 2.96. The highest BCUT2D eigenvalue weighted by Gasteiger charge is 2.32. The van der Waals surface area contributed by atoms with Crippen LogP contribution in [-0.2, 0) is 4.79 Å². The van der Waals surface area contributed by atoms with E-state index in [2.05, 4.69) is 12.2 Å². The first kappa shape index (κ1) is 15.6. The Kier molecular flexibility index (Phi) is 5.84. The maximum atomic E-state index is 12.4. The van der Waals surface area contributed by atoms with Crippen LogP contribution in [0.4, 0.5) is 0 Å². The van der Waals surface area contributed by atoms with Gasteiger partial charge in [-0.3, -0.25) is 9.59 Å². The van der Waals surface area contributed by atoms with Crippen molar-refractivity contribution in [2.45, 2.75) is 51.5 Å². The van der Waals surface area contributed by atoms with Gasteiger partial charge in [0.25, 0.3) is 5.91 Å². The molecule has 1 aliphatic heterocycles. The predicted molar refractivity (Wildman–Crippen MR) is 79.9 cm³/mol. The lowest BCUT2D eigenvalue weighted by molar-refractivity contribution is -0.126. The summed E-state index contributed by atoms with van der Waals surface area (Å²) in [4.78, 5) is 26.4. The first-order valence-corrected chi connectivity index (χ1v) is 7.85. The topological polar surface area (TPSA) is 62.6 Å². The molecular weight excluding hydrogens is 268 g/mol. The van der Waals surface area contributed by atoms with Crippen molar-refractivity contribution in [3.63, 3.8) is 0 Å². The monoisotopic (exact) mass is 292 g/mol. The van der Waals surface area contributed by atoms with Gasteiger partial charge in [-0.05, 0) is 31.7 Å². The van der Waals surface area contributed by atoms with E-state index in [0.717, 1.165) is 38.5 Å². The van der Waals surface area contributed by atoms with Crippen LogP contribution in [0.15, 0.2) is 23.0 Å². The minimum Gasteiger partial charge on any atom is -0.472 e. The van der Waals surface area contributed by atoms with Crippen LogP contribution in [-0.4, -0.2) is 35.8 Å². The summed E-state index contributed by atoms with van der Waals surface area (Å²) in [5.41, 5.74) is 0.515. The fraction of sp³-hybridized carbons (Fsp3) is 0.625. The average molecular weight is 292 g/mol. The zero-order chi connectivity index (χ0) is 15.1. The third-order valence-corrected chi connectivity index (χ3v) is 3.91. The van der Waals surface area contributed by atoms with Gasteiger partial charge in [-0.15, -0.1) is 0 Å². The zero-order valence-electron chi connectivity index (χ0n) is 12.6. The van der Waals surface area contributed by atoms with Crippen molar-refractivity contribution in [3.05, 3.63) is 24.2 Å². The van der Waals surface area contributed by atoms with Gasteiger partial charge in [-0.1, -0.05) is 19.8 Å². The predicted octanol–water partition coefficient (Wildman–Crippen LogP) is 2.58. The summed E-state index contributed by atoms with van der Waals surface area (Å²) in [6.07, 6.45) is 8.83. The van der Waals surface area contributed by atoms with Gasteiger partial charge in [0.05, 0.1) is 11.8 Å². The molecule has 1 aromatic rings. The van der Waals surface area contributed by atoms with E-state index in [0.29, 0.717) is 18.7 Å². The first-order chi connectivity index (χ1) is 10.2. The zero-order valence-corrected chi connectivity index (χ0v) is 12.6. The standard InChI is InChI=1S/C16H24N2O3/c1-2-3-5-9-17-15(19)14-7-4-6-10-18(14)16(20)13-8-11-21-12-13/h8,11-12,14H,2-7,9-10H2,1H3,(H,17,19). The van der Waals surface area contributed by atoms with E-state index >= 15 is 0 Å². The van der Waals surface area contributed by atoms with Crippen LogP contribution in [0.5, 0.6) is 0 Å². The molecule has 0 saturated carbocycles. The van der Waals surface area contributed by atoms with Crippen molar-refractivity contribution < 1.29 is 14.0 Å². The molecular formula is C16H24N2O3. The Morgan fingerprint density at radius 3 is 2.95 bits per heavy atom. The molecule has 116 valence electrons. The quantitative estimate of drug-likeness (QED) is 0.820. The summed E-state index contributed by atoms with van der Waals surface area (Å²) < 4.78 is 4.97. The molecule has 2 rings (SSSR count). The van der Waals surface area contributed by atoms with Crippen LogP contribution in [0, 0.1) is 0 Å². The number of carbonyl (C=O) groups is 2. The number of furan rings is 1. The number of piperidine rings is 1. The molecule has 1 aromatic heterocycles. The largest absolute Gasteiger partial charge is 0.472 e. The minimum absolute atomic E-state index is 0.0253. The molecule has 5 heteroatoms. The van der Waals surface area contributed by atoms with Crippen LogP contribution in [0.3, 0.4) is 0 Å². The van der Waals surface area contributed by atoms with Crippen molar-refractivity contribution in [2.24, 2.45) is 0 Å². The number of unbranched alkanes of at least 4 members (excludes halogenated alkanes) is 2. The molecule has 1 aliphatic rings. The molecule has 1 fully saturated rings. The molecule has 1 atom stereocenters. The van der Waals surface area contributed by atoms with Gasteiger partial charge < -0.3 is 14.6 Å². The third-order valence-electron chi connectivity index (χ3n) is 3.91. The lowest BCUT2D eigenvalue weighted by Crippen LogP contribution is -2.52. The highest BCUT2D eigenvalue weighted by atomic mass is 16.3. The van der Waals surface area contributed by atoms with Gasteiger partial charge in [0.15, 0.2) is 0 Å². The highest BCUT2D eigenvalue weighted by Crippen LogP contribution is 2.20. The highest BCUT2D eigenvalue weighted by molar-refractivity contribution is 5.97. The number of carbonyl (C=O) groups excluding carboxylic acids is 2. The number of amides is 2. The van der Waals surface area contributed by atoms with Crippen LogP contribution in [0.1, 0.15) is 55.8 Å². The number of rotatable bonds is 6. The average Bonchev–Trinajstić information content (AvgIpc) is 3.05. The van der Waals surface area contributed by atoms with Gasteiger partial charge in [0.2, 0.25) is 5.91 Å². The fourth-order valence-corrected chi connectivity index (χ4v) is 2.70. The Labute approximate surface area is 125 Å². The first-order valence-electron chi connectivity index (χ1n) is 7.85. The lowest BCUT2D eigenvalue weighted by atomic mass is 10.0. The maximum absolute atomic E-state index is 12.4. The molecule has 0 radical (unpaired) electrons. The van der Waals surface area contributed by atoms with E-state index in [-0.39, 0.29) is 17.9 Å². The molecule has 21 heavy (non-hydrogen) atoms. The van der Waals surface area contributed by atoms with Crippen molar-refractivity contribution >= 4 is 11.8 Å². The second kappa shape index (κ2) is 7.86. The molecule has 5 nitrogen and oxygen atoms in total. The van der Waals surface area contributed by atoms with Crippen LogP contribution in [0.2, 0.25) is 0 Å². The van der Waals surface area contributed by atoms with E-state index < -0.39 is 0 Å². The molecule has 1 unspecified atom stereocenters. The minimum atomic E-state index is -0.345. The molecule has 0 aromatic carbocycles. The van der Waals surface area contributed by atoms with E-state index in [9.17, 15) is 9.59 Å². The van der Waals surface area contributed by atoms with Gasteiger partial charge >= 0.3 is 0 Å². The molecule has 0 spiro atoms. The summed E-state index contributed by atoms with van der Waals surface area (Å²) in [6.45, 7) is 3.46. The van der Waals surface area contributed by atoms with Crippen molar-refractivity contribution in [3.8, 4) is 0 Å². The van der Waals surface area contributed by atoms with Gasteiger partial charge in [-0.2, -0.15) is 0 Å². The molecule has 1 N–H and O–H groups in total. The van der Waals surface area contributed by atoms with E-state index in [1.165, 1.54) is 12.5 Å². The van der Waals surface area contributed by atoms with Gasteiger partial charge in [0, 0.05) is 13.1 Å². The summed E-state index contributed by atoms with van der Waals surface area (Å²) >= 11 is 0. The Morgan fingerprint density at radius 1 is 1.38 bits per heavy atom. The summed E-state index contributed by atoms with van der Waals surface area (Å²) in [6, 6.07) is 1.30. The number of hydrogen-bond donors (Lipinski definition) is 1. The lowest BCUT2D eigenvalue weighted by Gasteiger charge is -2.34. The Hall–Kier alpha value is -1.78. The second-order valence-electron chi connectivity index (χ2n) is 5.52. The van der Waals surface area contributed by atoms with Crippen LogP contribution in [0.25, 0.3) is 0 Å². The van der Waals surface area contributed by atoms with E-state index in [1.807, 2.05) is 0 Å². The van der Waals surface area contributed by atoms with Crippen molar-refractivity contribution in [1.29, 1.82) is 0 Å². The number of likely N-dealkylation sites (tertiary alicyclic amines) is 1. The second-order valence-corrected chi connectivity index (χ2v) is 5.52. The molecule has 2 amide bonds. The summed E-state index contributed by atoms with van der Waals surface area (Å²) in [7, 11) is 0. The van der Waals surface area contributed by atoms with E-state index in [4.69, 9.17) is 4.42 Å². The maximum Gasteiger partial charge on any atom is 0.257 e.